The summed E-state index contributed by atoms with van der Waals surface area (Å²) in [5.41, 5.74) is 5.38. The summed E-state index contributed by atoms with van der Waals surface area (Å²) in [6.07, 6.45) is 0.475. The monoisotopic (exact) mass is 231 g/mol. The van der Waals surface area contributed by atoms with Crippen molar-refractivity contribution in [3.8, 4) is 0 Å². The molecular weight excluding hydrogens is 210 g/mol. The van der Waals surface area contributed by atoms with Crippen LogP contribution in [0.4, 0.5) is 0 Å². The Morgan fingerprint density at radius 1 is 1.25 bits per heavy atom. The Morgan fingerprint density at radius 3 is 2.19 bits per heavy atom. The Balaban J connectivity index is 4.27. The SMILES string of the molecule is CCC(NC(=O)C(C)N)C(=O)NC(C)CO. The summed E-state index contributed by atoms with van der Waals surface area (Å²) in [7, 11) is 0. The maximum absolute atomic E-state index is 11.6. The fraction of sp³-hybridized carbons (Fsp3) is 0.800. The van der Waals surface area contributed by atoms with Gasteiger partial charge in [-0.2, -0.15) is 0 Å². The predicted molar refractivity (Wildman–Crippen MR) is 60.6 cm³/mol. The molecule has 0 aromatic rings. The van der Waals surface area contributed by atoms with E-state index in [2.05, 4.69) is 10.6 Å². The van der Waals surface area contributed by atoms with E-state index >= 15 is 0 Å². The van der Waals surface area contributed by atoms with Gasteiger partial charge in [-0.15, -0.1) is 0 Å². The molecule has 5 N–H and O–H groups in total. The number of nitrogens with two attached hydrogens (primary N) is 1. The minimum absolute atomic E-state index is 0.136. The molecule has 0 aromatic heterocycles. The first-order chi connectivity index (χ1) is 7.42. The molecule has 0 fully saturated rings. The quantitative estimate of drug-likeness (QED) is 0.457. The van der Waals surface area contributed by atoms with Crippen molar-refractivity contribution in [3.63, 3.8) is 0 Å². The van der Waals surface area contributed by atoms with Gasteiger partial charge in [0.15, 0.2) is 0 Å². The average molecular weight is 231 g/mol. The molecule has 0 aliphatic rings. The molecule has 0 saturated carbocycles. The zero-order valence-electron chi connectivity index (χ0n) is 9.99. The molecule has 94 valence electrons. The zero-order chi connectivity index (χ0) is 12.7. The van der Waals surface area contributed by atoms with Crippen LogP contribution in [0.25, 0.3) is 0 Å². The lowest BCUT2D eigenvalue weighted by atomic mass is 10.2. The molecule has 16 heavy (non-hydrogen) atoms. The Bertz CT molecular complexity index is 243. The number of hydrogen-bond donors (Lipinski definition) is 4. The van der Waals surface area contributed by atoms with Crippen LogP contribution in [0.1, 0.15) is 27.2 Å². The fourth-order valence-electron chi connectivity index (χ4n) is 1.05. The van der Waals surface area contributed by atoms with Gasteiger partial charge < -0.3 is 21.5 Å². The maximum Gasteiger partial charge on any atom is 0.242 e. The van der Waals surface area contributed by atoms with Gasteiger partial charge in [0.1, 0.15) is 6.04 Å². The standard InChI is InChI=1S/C10H21N3O3/c1-4-8(13-9(15)7(3)11)10(16)12-6(2)5-14/h6-8,14H,4-5,11H2,1-3H3,(H,12,16)(H,13,15). The van der Waals surface area contributed by atoms with Crippen LogP contribution >= 0.6 is 0 Å². The molecule has 0 spiro atoms. The van der Waals surface area contributed by atoms with E-state index < -0.39 is 12.1 Å². The number of aliphatic hydroxyl groups excluding tert-OH is 1. The molecule has 3 unspecified atom stereocenters. The number of amides is 2. The minimum atomic E-state index is -0.642. The second kappa shape index (κ2) is 7.19. The van der Waals surface area contributed by atoms with Gasteiger partial charge in [0.05, 0.1) is 12.6 Å². The van der Waals surface area contributed by atoms with Gasteiger partial charge in [-0.3, -0.25) is 9.59 Å². The van der Waals surface area contributed by atoms with Crippen LogP contribution in [0.15, 0.2) is 0 Å². The Morgan fingerprint density at radius 2 is 1.81 bits per heavy atom. The van der Waals surface area contributed by atoms with Gasteiger partial charge in [-0.25, -0.2) is 0 Å². The second-order valence-corrected chi connectivity index (χ2v) is 3.85. The molecule has 0 aromatic carbocycles. The van der Waals surface area contributed by atoms with E-state index in [-0.39, 0.29) is 24.5 Å². The van der Waals surface area contributed by atoms with Crippen molar-refractivity contribution in [2.45, 2.75) is 45.3 Å². The van der Waals surface area contributed by atoms with Gasteiger partial charge in [0.25, 0.3) is 0 Å². The normalized spacial score (nSPS) is 16.1. The summed E-state index contributed by atoms with van der Waals surface area (Å²) in [6.45, 7) is 4.88. The van der Waals surface area contributed by atoms with Crippen molar-refractivity contribution in [2.75, 3.05) is 6.61 Å². The van der Waals surface area contributed by atoms with Crippen LogP contribution in [0.3, 0.4) is 0 Å². The molecule has 6 nitrogen and oxygen atoms in total. The number of carbonyl (C=O) groups is 2. The lowest BCUT2D eigenvalue weighted by Gasteiger charge is -2.20. The molecule has 6 heteroatoms. The van der Waals surface area contributed by atoms with Crippen molar-refractivity contribution in [2.24, 2.45) is 5.73 Å². The lowest BCUT2D eigenvalue weighted by Crippen LogP contribution is -2.52. The molecule has 3 atom stereocenters. The van der Waals surface area contributed by atoms with Crippen LogP contribution in [0.2, 0.25) is 0 Å². The van der Waals surface area contributed by atoms with Crippen LogP contribution in [0.5, 0.6) is 0 Å². The minimum Gasteiger partial charge on any atom is -0.394 e. The van der Waals surface area contributed by atoms with Crippen LogP contribution < -0.4 is 16.4 Å². The van der Waals surface area contributed by atoms with E-state index in [1.807, 2.05) is 0 Å². The molecule has 0 aliphatic heterocycles. The Hall–Kier alpha value is -1.14. The number of hydrogen-bond acceptors (Lipinski definition) is 4. The van der Waals surface area contributed by atoms with Crippen molar-refractivity contribution in [3.05, 3.63) is 0 Å². The average Bonchev–Trinajstić information content (AvgIpc) is 2.24. The molecule has 0 bridgehead atoms. The fourth-order valence-corrected chi connectivity index (χ4v) is 1.05. The number of rotatable bonds is 6. The molecule has 0 radical (unpaired) electrons. The summed E-state index contributed by atoms with van der Waals surface area (Å²) in [5, 5.41) is 13.9. The summed E-state index contributed by atoms with van der Waals surface area (Å²) in [4.78, 5) is 22.9. The number of carbonyl (C=O) groups excluding carboxylic acids is 2. The van der Waals surface area contributed by atoms with E-state index in [0.29, 0.717) is 6.42 Å². The van der Waals surface area contributed by atoms with E-state index in [1.54, 1.807) is 20.8 Å². The first-order valence-electron chi connectivity index (χ1n) is 5.39. The largest absolute Gasteiger partial charge is 0.394 e. The molecular formula is C10H21N3O3. The third kappa shape index (κ3) is 5.09. The van der Waals surface area contributed by atoms with Gasteiger partial charge in [0.2, 0.25) is 11.8 Å². The zero-order valence-corrected chi connectivity index (χ0v) is 9.99. The van der Waals surface area contributed by atoms with Crippen LogP contribution in [0, 0.1) is 0 Å². The summed E-state index contributed by atoms with van der Waals surface area (Å²) in [6, 6.07) is -1.57. The topological polar surface area (TPSA) is 104 Å². The molecule has 0 saturated heterocycles. The number of aliphatic hydroxyl groups is 1. The van der Waals surface area contributed by atoms with Crippen molar-refractivity contribution < 1.29 is 14.7 Å². The second-order valence-electron chi connectivity index (χ2n) is 3.85. The van der Waals surface area contributed by atoms with E-state index in [9.17, 15) is 9.59 Å². The van der Waals surface area contributed by atoms with Crippen molar-refractivity contribution in [1.82, 2.24) is 10.6 Å². The third-order valence-corrected chi connectivity index (χ3v) is 2.12. The van der Waals surface area contributed by atoms with E-state index in [0.717, 1.165) is 0 Å². The molecule has 0 rings (SSSR count). The highest BCUT2D eigenvalue weighted by atomic mass is 16.3. The van der Waals surface area contributed by atoms with Gasteiger partial charge >= 0.3 is 0 Å². The van der Waals surface area contributed by atoms with Gasteiger partial charge in [0, 0.05) is 6.04 Å². The first-order valence-corrected chi connectivity index (χ1v) is 5.39. The summed E-state index contributed by atoms with van der Waals surface area (Å²) in [5.74, 6) is -0.670. The number of nitrogens with one attached hydrogen (secondary N) is 2. The van der Waals surface area contributed by atoms with Crippen molar-refractivity contribution in [1.29, 1.82) is 0 Å². The predicted octanol–water partition coefficient (Wildman–Crippen LogP) is -1.27. The van der Waals surface area contributed by atoms with Gasteiger partial charge in [-0.05, 0) is 20.3 Å². The highest BCUT2D eigenvalue weighted by Gasteiger charge is 2.21. The Kier molecular flexibility index (Phi) is 6.67. The van der Waals surface area contributed by atoms with Crippen LogP contribution in [-0.4, -0.2) is 41.7 Å². The first kappa shape index (κ1) is 14.9. The van der Waals surface area contributed by atoms with Crippen LogP contribution in [-0.2, 0) is 9.59 Å². The van der Waals surface area contributed by atoms with Crippen molar-refractivity contribution >= 4 is 11.8 Å². The third-order valence-electron chi connectivity index (χ3n) is 2.12. The highest BCUT2D eigenvalue weighted by Crippen LogP contribution is 1.93. The molecule has 0 heterocycles. The summed E-state index contributed by atoms with van der Waals surface area (Å²) < 4.78 is 0. The van der Waals surface area contributed by atoms with Gasteiger partial charge in [-0.1, -0.05) is 6.92 Å². The highest BCUT2D eigenvalue weighted by molar-refractivity contribution is 5.89. The summed E-state index contributed by atoms with van der Waals surface area (Å²) >= 11 is 0. The van der Waals surface area contributed by atoms with E-state index in [4.69, 9.17) is 10.8 Å². The Labute approximate surface area is 95.6 Å². The molecule has 2 amide bonds. The molecule has 0 aliphatic carbocycles. The lowest BCUT2D eigenvalue weighted by molar-refractivity contribution is -0.130. The smallest absolute Gasteiger partial charge is 0.242 e. The van der Waals surface area contributed by atoms with E-state index in [1.165, 1.54) is 0 Å². The maximum atomic E-state index is 11.6.